The first kappa shape index (κ1) is 12.1. The molecular formula is C11H13FN2O2S. The number of nitrogens with two attached hydrogens (primary N) is 1. The van der Waals surface area contributed by atoms with Gasteiger partial charge < -0.3 is 5.73 Å². The molecular weight excluding hydrogens is 243 g/mol. The largest absolute Gasteiger partial charge is 0.395 e. The molecule has 0 aromatic heterocycles. The normalized spacial score (nSPS) is 17.2. The number of para-hydroxylation sites is 1. The average Bonchev–Trinajstić information content (AvgIpc) is 2.33. The predicted molar refractivity (Wildman–Crippen MR) is 63.3 cm³/mol. The van der Waals surface area contributed by atoms with Gasteiger partial charge in [0.15, 0.2) is 0 Å². The molecule has 6 heteroatoms. The Morgan fingerprint density at radius 2 is 2.06 bits per heavy atom. The van der Waals surface area contributed by atoms with Crippen molar-refractivity contribution in [1.29, 1.82) is 0 Å². The van der Waals surface area contributed by atoms with Crippen LogP contribution in [0.25, 0.3) is 0 Å². The first-order valence-corrected chi connectivity index (χ1v) is 6.66. The molecule has 2 rings (SSSR count). The smallest absolute Gasteiger partial charge is 0.245 e. The molecule has 1 heterocycles. The Kier molecular flexibility index (Phi) is 3.17. The van der Waals surface area contributed by atoms with Crippen LogP contribution in [0.15, 0.2) is 35.2 Å². The molecule has 1 aliphatic rings. The molecule has 0 bridgehead atoms. The summed E-state index contributed by atoms with van der Waals surface area (Å²) in [6, 6.07) is 3.81. The predicted octanol–water partition coefficient (Wildman–Crippen LogP) is 1.36. The zero-order valence-corrected chi connectivity index (χ0v) is 9.95. The molecule has 1 aliphatic heterocycles. The summed E-state index contributed by atoms with van der Waals surface area (Å²) in [5.74, 6) is -0.710. The van der Waals surface area contributed by atoms with E-state index in [0.717, 1.165) is 6.07 Å². The minimum Gasteiger partial charge on any atom is -0.395 e. The molecule has 0 saturated carbocycles. The van der Waals surface area contributed by atoms with Crippen LogP contribution in [0.2, 0.25) is 0 Å². The molecule has 0 radical (unpaired) electrons. The Morgan fingerprint density at radius 3 is 2.71 bits per heavy atom. The first-order valence-electron chi connectivity index (χ1n) is 5.22. The van der Waals surface area contributed by atoms with Gasteiger partial charge in [0.05, 0.1) is 5.69 Å². The number of anilines is 1. The van der Waals surface area contributed by atoms with Gasteiger partial charge in [-0.25, -0.2) is 12.8 Å². The molecule has 1 aromatic carbocycles. The van der Waals surface area contributed by atoms with Gasteiger partial charge in [0.25, 0.3) is 0 Å². The number of nitrogens with zero attached hydrogens (tertiary/aromatic N) is 1. The van der Waals surface area contributed by atoms with Gasteiger partial charge in [-0.1, -0.05) is 18.2 Å². The Balaban J connectivity index is 2.44. The van der Waals surface area contributed by atoms with Crippen LogP contribution in [0.1, 0.15) is 6.42 Å². The monoisotopic (exact) mass is 256 g/mol. The van der Waals surface area contributed by atoms with Crippen molar-refractivity contribution in [3.05, 3.63) is 36.2 Å². The highest BCUT2D eigenvalue weighted by Crippen LogP contribution is 2.25. The van der Waals surface area contributed by atoms with Crippen LogP contribution < -0.4 is 5.73 Å². The van der Waals surface area contributed by atoms with E-state index < -0.39 is 15.8 Å². The summed E-state index contributed by atoms with van der Waals surface area (Å²) in [4.78, 5) is -0.159. The highest BCUT2D eigenvalue weighted by molar-refractivity contribution is 7.89. The topological polar surface area (TPSA) is 63.4 Å². The summed E-state index contributed by atoms with van der Waals surface area (Å²) in [7, 11) is -3.70. The van der Waals surface area contributed by atoms with E-state index in [4.69, 9.17) is 5.73 Å². The summed E-state index contributed by atoms with van der Waals surface area (Å²) in [6.45, 7) is 0.701. The molecule has 4 nitrogen and oxygen atoms in total. The molecule has 0 amide bonds. The summed E-state index contributed by atoms with van der Waals surface area (Å²) in [5.41, 5.74) is 5.16. The van der Waals surface area contributed by atoms with Crippen LogP contribution >= 0.6 is 0 Å². The van der Waals surface area contributed by atoms with Crippen molar-refractivity contribution in [3.63, 3.8) is 0 Å². The van der Waals surface area contributed by atoms with E-state index >= 15 is 0 Å². The molecule has 0 fully saturated rings. The van der Waals surface area contributed by atoms with Crippen molar-refractivity contribution in [1.82, 2.24) is 4.31 Å². The minimum absolute atomic E-state index is 0.159. The van der Waals surface area contributed by atoms with E-state index in [1.165, 1.54) is 16.4 Å². The fourth-order valence-electron chi connectivity index (χ4n) is 1.72. The average molecular weight is 256 g/mol. The lowest BCUT2D eigenvalue weighted by molar-refractivity contribution is 0.437. The summed E-state index contributed by atoms with van der Waals surface area (Å²) in [6.07, 6.45) is 4.35. The minimum atomic E-state index is -3.70. The molecule has 1 aromatic rings. The number of sulfonamides is 1. The number of nitrogen functional groups attached to an aromatic ring is 1. The van der Waals surface area contributed by atoms with Gasteiger partial charge in [0.2, 0.25) is 10.0 Å². The van der Waals surface area contributed by atoms with Gasteiger partial charge in [0.1, 0.15) is 10.7 Å². The van der Waals surface area contributed by atoms with E-state index in [-0.39, 0.29) is 10.6 Å². The maximum Gasteiger partial charge on any atom is 0.245 e. The van der Waals surface area contributed by atoms with Gasteiger partial charge in [-0.15, -0.1) is 0 Å². The van der Waals surface area contributed by atoms with Crippen molar-refractivity contribution in [2.45, 2.75) is 11.3 Å². The molecule has 17 heavy (non-hydrogen) atoms. The van der Waals surface area contributed by atoms with E-state index in [0.29, 0.717) is 19.5 Å². The van der Waals surface area contributed by atoms with Crippen molar-refractivity contribution in [3.8, 4) is 0 Å². The maximum absolute atomic E-state index is 13.3. The van der Waals surface area contributed by atoms with E-state index in [2.05, 4.69) is 0 Å². The van der Waals surface area contributed by atoms with Gasteiger partial charge >= 0.3 is 0 Å². The highest BCUT2D eigenvalue weighted by atomic mass is 32.2. The van der Waals surface area contributed by atoms with Crippen LogP contribution in [-0.4, -0.2) is 25.8 Å². The van der Waals surface area contributed by atoms with E-state index in [1.54, 1.807) is 6.08 Å². The highest BCUT2D eigenvalue weighted by Gasteiger charge is 2.27. The molecule has 92 valence electrons. The molecule has 2 N–H and O–H groups in total. The molecule has 0 spiro atoms. The van der Waals surface area contributed by atoms with Crippen molar-refractivity contribution < 1.29 is 12.8 Å². The van der Waals surface area contributed by atoms with Crippen molar-refractivity contribution >= 4 is 15.7 Å². The zero-order chi connectivity index (χ0) is 12.5. The molecule has 0 saturated heterocycles. The molecule has 0 atom stereocenters. The van der Waals surface area contributed by atoms with Gasteiger partial charge in [-0.3, -0.25) is 0 Å². The van der Waals surface area contributed by atoms with Crippen LogP contribution in [-0.2, 0) is 10.0 Å². The molecule has 0 unspecified atom stereocenters. The second-order valence-corrected chi connectivity index (χ2v) is 5.68. The fraction of sp³-hybridized carbons (Fsp3) is 0.273. The standard InChI is InChI=1S/C11H13FN2O2S/c12-9-5-4-6-10(11(9)13)17(15,16)14-7-2-1-3-8-14/h1-2,4-6H,3,7-8,13H2. The Bertz CT molecular complexity index is 555. The van der Waals surface area contributed by atoms with E-state index in [9.17, 15) is 12.8 Å². The third-order valence-corrected chi connectivity index (χ3v) is 4.57. The summed E-state index contributed by atoms with van der Waals surface area (Å²) in [5, 5.41) is 0. The first-order chi connectivity index (χ1) is 8.03. The number of rotatable bonds is 2. The summed E-state index contributed by atoms with van der Waals surface area (Å²) >= 11 is 0. The van der Waals surface area contributed by atoms with Crippen LogP contribution in [0.5, 0.6) is 0 Å². The van der Waals surface area contributed by atoms with Gasteiger partial charge in [0, 0.05) is 13.1 Å². The SMILES string of the molecule is Nc1c(F)cccc1S(=O)(=O)N1CC=CCC1. The van der Waals surface area contributed by atoms with Gasteiger partial charge in [-0.2, -0.15) is 4.31 Å². The van der Waals surface area contributed by atoms with Crippen molar-refractivity contribution in [2.24, 2.45) is 0 Å². The van der Waals surface area contributed by atoms with E-state index in [1.807, 2.05) is 6.08 Å². The van der Waals surface area contributed by atoms with Crippen LogP contribution in [0.3, 0.4) is 0 Å². The summed E-state index contributed by atoms with van der Waals surface area (Å²) < 4.78 is 39.0. The quantitative estimate of drug-likeness (QED) is 0.642. The number of hydrogen-bond donors (Lipinski definition) is 1. The molecule has 0 aliphatic carbocycles. The fourth-order valence-corrected chi connectivity index (χ4v) is 3.25. The number of benzene rings is 1. The van der Waals surface area contributed by atoms with Crippen LogP contribution in [0.4, 0.5) is 10.1 Å². The lowest BCUT2D eigenvalue weighted by Gasteiger charge is -2.23. The third-order valence-electron chi connectivity index (χ3n) is 2.65. The number of halogens is 1. The Labute approximate surface area is 99.6 Å². The Morgan fingerprint density at radius 1 is 1.29 bits per heavy atom. The lowest BCUT2D eigenvalue weighted by atomic mass is 10.3. The second kappa shape index (κ2) is 4.46. The second-order valence-electron chi connectivity index (χ2n) is 3.77. The lowest BCUT2D eigenvalue weighted by Crippen LogP contribution is -2.34. The Hall–Kier alpha value is -1.40. The van der Waals surface area contributed by atoms with Crippen molar-refractivity contribution in [2.75, 3.05) is 18.8 Å². The van der Waals surface area contributed by atoms with Gasteiger partial charge in [-0.05, 0) is 18.6 Å². The van der Waals surface area contributed by atoms with Crippen LogP contribution in [0, 0.1) is 5.82 Å². The maximum atomic E-state index is 13.3. The number of hydrogen-bond acceptors (Lipinski definition) is 3. The zero-order valence-electron chi connectivity index (χ0n) is 9.14. The third kappa shape index (κ3) is 2.18.